The van der Waals surface area contributed by atoms with Crippen LogP contribution < -0.4 is 10.1 Å². The minimum absolute atomic E-state index is 0.109. The number of carbonyl (C=O) groups excluding carboxylic acids is 1. The number of carbonyl (C=O) groups is 2. The second-order valence-corrected chi connectivity index (χ2v) is 6.03. The van der Waals surface area contributed by atoms with Crippen LogP contribution in [-0.2, 0) is 22.6 Å². The predicted octanol–water partition coefficient (Wildman–Crippen LogP) is 2.84. The maximum absolute atomic E-state index is 11.2. The van der Waals surface area contributed by atoms with Crippen molar-refractivity contribution < 1.29 is 24.2 Å². The third kappa shape index (κ3) is 5.32. The van der Waals surface area contributed by atoms with Gasteiger partial charge in [-0.25, -0.2) is 9.59 Å². The summed E-state index contributed by atoms with van der Waals surface area (Å²) >= 11 is 0. The molecule has 6 heteroatoms. The van der Waals surface area contributed by atoms with E-state index in [0.717, 1.165) is 22.3 Å². The highest BCUT2D eigenvalue weighted by molar-refractivity contribution is 5.87. The molecule has 2 aromatic carbocycles. The molecule has 0 fully saturated rings. The minimum atomic E-state index is -0.926. The van der Waals surface area contributed by atoms with Crippen LogP contribution in [0.2, 0.25) is 0 Å². The summed E-state index contributed by atoms with van der Waals surface area (Å²) in [4.78, 5) is 22.1. The molecule has 0 saturated carbocycles. The Hall–Kier alpha value is -2.86. The van der Waals surface area contributed by atoms with Crippen molar-refractivity contribution in [3.8, 4) is 5.75 Å². The van der Waals surface area contributed by atoms with E-state index in [1.807, 2.05) is 26.0 Å². The zero-order chi connectivity index (χ0) is 19.1. The fourth-order valence-corrected chi connectivity index (χ4v) is 2.68. The lowest BCUT2D eigenvalue weighted by Gasteiger charge is -2.14. The largest absolute Gasteiger partial charge is 0.481 e. The Labute approximate surface area is 152 Å². The second kappa shape index (κ2) is 9.01. The van der Waals surface area contributed by atoms with E-state index in [2.05, 4.69) is 10.1 Å². The number of rotatable bonds is 8. The molecule has 138 valence electrons. The Kier molecular flexibility index (Phi) is 6.74. The fourth-order valence-electron chi connectivity index (χ4n) is 2.68. The van der Waals surface area contributed by atoms with Gasteiger partial charge >= 0.3 is 11.9 Å². The highest BCUT2D eigenvalue weighted by Gasteiger charge is 2.09. The summed E-state index contributed by atoms with van der Waals surface area (Å²) in [5.41, 5.74) is 4.31. The number of carboxylic acid groups (broad SMARTS) is 1. The van der Waals surface area contributed by atoms with Crippen LogP contribution in [0.5, 0.6) is 5.75 Å². The van der Waals surface area contributed by atoms with Crippen LogP contribution in [0.4, 0.5) is 0 Å². The average Bonchev–Trinajstić information content (AvgIpc) is 2.61. The summed E-state index contributed by atoms with van der Waals surface area (Å²) in [7, 11) is 1.33. The number of nitrogens with one attached hydrogen (secondary N) is 1. The normalized spacial score (nSPS) is 10.4. The van der Waals surface area contributed by atoms with Crippen LogP contribution in [0.3, 0.4) is 0 Å². The average molecular weight is 357 g/mol. The van der Waals surface area contributed by atoms with Gasteiger partial charge in [-0.2, -0.15) is 0 Å². The van der Waals surface area contributed by atoms with Gasteiger partial charge in [0.1, 0.15) is 5.75 Å². The number of aryl methyl sites for hydroxylation is 2. The Bertz CT molecular complexity index is 760. The van der Waals surface area contributed by atoms with Gasteiger partial charge in [0.2, 0.25) is 0 Å². The van der Waals surface area contributed by atoms with Gasteiger partial charge in [-0.15, -0.1) is 0 Å². The first-order valence-corrected chi connectivity index (χ1v) is 8.23. The van der Waals surface area contributed by atoms with Gasteiger partial charge < -0.3 is 19.9 Å². The summed E-state index contributed by atoms with van der Waals surface area (Å²) in [6.07, 6.45) is 0. The molecule has 2 aromatic rings. The number of benzene rings is 2. The topological polar surface area (TPSA) is 84.9 Å². The van der Waals surface area contributed by atoms with E-state index in [1.165, 1.54) is 7.11 Å². The van der Waals surface area contributed by atoms with Crippen LogP contribution in [0.25, 0.3) is 0 Å². The summed E-state index contributed by atoms with van der Waals surface area (Å²) < 4.78 is 10.1. The Morgan fingerprint density at radius 1 is 1.00 bits per heavy atom. The van der Waals surface area contributed by atoms with Gasteiger partial charge in [0.25, 0.3) is 0 Å². The van der Waals surface area contributed by atoms with Crippen molar-refractivity contribution >= 4 is 11.9 Å². The molecule has 0 heterocycles. The van der Waals surface area contributed by atoms with Crippen molar-refractivity contribution in [1.29, 1.82) is 0 Å². The van der Waals surface area contributed by atoms with Gasteiger partial charge in [0.15, 0.2) is 6.61 Å². The quantitative estimate of drug-likeness (QED) is 0.707. The predicted molar refractivity (Wildman–Crippen MR) is 97.4 cm³/mol. The zero-order valence-electron chi connectivity index (χ0n) is 15.2. The van der Waals surface area contributed by atoms with Gasteiger partial charge in [-0.3, -0.25) is 0 Å². The van der Waals surface area contributed by atoms with Crippen LogP contribution in [0, 0.1) is 13.8 Å². The number of carboxylic acids is 1. The van der Waals surface area contributed by atoms with Crippen molar-refractivity contribution in [2.75, 3.05) is 13.7 Å². The lowest BCUT2D eigenvalue weighted by molar-refractivity contribution is -0.142. The van der Waals surface area contributed by atoms with E-state index in [1.54, 1.807) is 24.3 Å². The van der Waals surface area contributed by atoms with Crippen molar-refractivity contribution in [3.63, 3.8) is 0 Å². The minimum Gasteiger partial charge on any atom is -0.481 e. The maximum Gasteiger partial charge on any atom is 0.343 e. The van der Waals surface area contributed by atoms with Gasteiger partial charge in [0, 0.05) is 13.1 Å². The summed E-state index contributed by atoms with van der Waals surface area (Å²) in [6, 6.07) is 10.8. The Balaban J connectivity index is 1.93. The molecule has 0 aliphatic heterocycles. The molecule has 6 nitrogen and oxygen atoms in total. The number of esters is 1. The zero-order valence-corrected chi connectivity index (χ0v) is 15.2. The molecule has 0 spiro atoms. The van der Waals surface area contributed by atoms with E-state index in [4.69, 9.17) is 9.84 Å². The van der Waals surface area contributed by atoms with Gasteiger partial charge in [-0.1, -0.05) is 24.3 Å². The van der Waals surface area contributed by atoms with Crippen molar-refractivity contribution in [1.82, 2.24) is 5.32 Å². The third-order valence-corrected chi connectivity index (χ3v) is 3.94. The molecular weight excluding hydrogens is 334 g/mol. The maximum atomic E-state index is 11.2. The molecule has 0 radical (unpaired) electrons. The van der Waals surface area contributed by atoms with Crippen molar-refractivity contribution in [3.05, 3.63) is 64.2 Å². The first-order valence-electron chi connectivity index (χ1n) is 8.23. The first kappa shape index (κ1) is 19.5. The number of hydrogen-bond donors (Lipinski definition) is 2. The molecule has 26 heavy (non-hydrogen) atoms. The summed E-state index contributed by atoms with van der Waals surface area (Å²) in [5, 5.41) is 12.2. The van der Waals surface area contributed by atoms with E-state index < -0.39 is 11.9 Å². The Morgan fingerprint density at radius 3 is 2.12 bits per heavy atom. The fraction of sp³-hybridized carbons (Fsp3) is 0.300. The van der Waals surface area contributed by atoms with Crippen molar-refractivity contribution in [2.24, 2.45) is 0 Å². The lowest BCUT2D eigenvalue weighted by Crippen LogP contribution is -2.15. The van der Waals surface area contributed by atoms with E-state index in [-0.39, 0.29) is 12.2 Å². The molecule has 2 rings (SSSR count). The summed E-state index contributed by atoms with van der Waals surface area (Å²) in [5.74, 6) is -0.642. The second-order valence-electron chi connectivity index (χ2n) is 6.03. The molecular formula is C20H23NO5. The van der Waals surface area contributed by atoms with Crippen LogP contribution >= 0.6 is 0 Å². The van der Waals surface area contributed by atoms with Crippen LogP contribution in [0.1, 0.15) is 32.6 Å². The van der Waals surface area contributed by atoms with Gasteiger partial charge in [-0.05, 0) is 48.2 Å². The molecule has 2 N–H and O–H groups in total. The van der Waals surface area contributed by atoms with E-state index >= 15 is 0 Å². The number of hydrogen-bond acceptors (Lipinski definition) is 5. The molecule has 0 atom stereocenters. The van der Waals surface area contributed by atoms with E-state index in [9.17, 15) is 9.59 Å². The molecule has 0 aliphatic rings. The van der Waals surface area contributed by atoms with Crippen molar-refractivity contribution in [2.45, 2.75) is 26.9 Å². The highest BCUT2D eigenvalue weighted by Crippen LogP contribution is 2.25. The lowest BCUT2D eigenvalue weighted by atomic mass is 10.1. The van der Waals surface area contributed by atoms with E-state index in [0.29, 0.717) is 18.8 Å². The standard InChI is InChI=1S/C20H23NO5/c1-13-8-16(9-14(2)19(13)26-12-18(22)25-3)11-21-10-15-4-6-17(7-5-15)20(23)24/h4-9,21H,10-12H2,1-3H3,(H,23,24). The SMILES string of the molecule is COC(=O)COc1c(C)cc(CNCc2ccc(C(=O)O)cc2)cc1C. The third-order valence-electron chi connectivity index (χ3n) is 3.94. The molecule has 0 aliphatic carbocycles. The molecule has 0 aromatic heterocycles. The molecule has 0 amide bonds. The molecule has 0 unspecified atom stereocenters. The first-order chi connectivity index (χ1) is 12.4. The summed E-state index contributed by atoms with van der Waals surface area (Å²) in [6.45, 7) is 5.07. The van der Waals surface area contributed by atoms with Crippen LogP contribution in [0.15, 0.2) is 36.4 Å². The van der Waals surface area contributed by atoms with Gasteiger partial charge in [0.05, 0.1) is 12.7 Å². The number of ether oxygens (including phenoxy) is 2. The smallest absolute Gasteiger partial charge is 0.343 e. The number of aromatic carboxylic acids is 1. The molecule has 0 bridgehead atoms. The highest BCUT2D eigenvalue weighted by atomic mass is 16.6. The molecule has 0 saturated heterocycles. The monoisotopic (exact) mass is 357 g/mol. The Morgan fingerprint density at radius 2 is 1.58 bits per heavy atom. The number of methoxy groups -OCH3 is 1. The van der Waals surface area contributed by atoms with Crippen LogP contribution in [-0.4, -0.2) is 30.8 Å².